The Labute approximate surface area is 133 Å². The summed E-state index contributed by atoms with van der Waals surface area (Å²) < 4.78 is 26.8. The predicted octanol–water partition coefficient (Wildman–Crippen LogP) is 2.91. The molecule has 0 heterocycles. The number of hydrogen-bond donors (Lipinski definition) is 2. The highest BCUT2D eigenvalue weighted by atomic mass is 35.5. The Hall–Kier alpha value is 0.0200. The van der Waals surface area contributed by atoms with E-state index in [9.17, 15) is 13.5 Å². The normalized spacial score (nSPS) is 11.8. The molecule has 4 nitrogen and oxygen atoms in total. The Bertz CT molecular complexity index is 550. The zero-order chi connectivity index (χ0) is 15.2. The van der Waals surface area contributed by atoms with Crippen molar-refractivity contribution in [2.45, 2.75) is 24.3 Å². The summed E-state index contributed by atoms with van der Waals surface area (Å²) in [5, 5.41) is 9.39. The van der Waals surface area contributed by atoms with Gasteiger partial charge in [0.05, 0.1) is 11.6 Å². The van der Waals surface area contributed by atoms with Crippen molar-refractivity contribution in [1.82, 2.24) is 4.72 Å². The monoisotopic (exact) mass is 357 g/mol. The molecule has 0 saturated carbocycles. The van der Waals surface area contributed by atoms with Crippen molar-refractivity contribution in [1.29, 1.82) is 0 Å². The summed E-state index contributed by atoms with van der Waals surface area (Å²) >= 11 is 13.6. The Balaban J connectivity index is 2.83. The Morgan fingerprint density at radius 1 is 1.30 bits per heavy atom. The highest BCUT2D eigenvalue weighted by Gasteiger charge is 2.20. The van der Waals surface area contributed by atoms with Gasteiger partial charge in [0.15, 0.2) is 0 Å². The minimum atomic E-state index is -3.69. The maximum Gasteiger partial charge on any atom is 0.242 e. The largest absolute Gasteiger partial charge is 0.392 e. The van der Waals surface area contributed by atoms with Gasteiger partial charge in [0.25, 0.3) is 0 Å². The molecule has 0 aromatic heterocycles. The van der Waals surface area contributed by atoms with Gasteiger partial charge in [0, 0.05) is 17.1 Å². The molecule has 0 radical (unpaired) electrons. The lowest BCUT2D eigenvalue weighted by Crippen LogP contribution is -2.25. The van der Waals surface area contributed by atoms with Gasteiger partial charge in [-0.05, 0) is 37.0 Å². The van der Waals surface area contributed by atoms with Gasteiger partial charge in [-0.15, -0.1) is 0 Å². The third-order valence-corrected chi connectivity index (χ3v) is 5.76. The molecule has 2 N–H and O–H groups in total. The fourth-order valence-electron chi connectivity index (χ4n) is 1.58. The topological polar surface area (TPSA) is 66.4 Å². The fourth-order valence-corrected chi connectivity index (χ4v) is 4.05. The lowest BCUT2D eigenvalue weighted by Gasteiger charge is -2.11. The Morgan fingerprint density at radius 2 is 2.00 bits per heavy atom. The van der Waals surface area contributed by atoms with Crippen LogP contribution in [-0.2, 0) is 16.6 Å². The van der Waals surface area contributed by atoms with Gasteiger partial charge in [-0.3, -0.25) is 0 Å². The van der Waals surface area contributed by atoms with Crippen LogP contribution in [0.3, 0.4) is 0 Å². The van der Waals surface area contributed by atoms with Crippen molar-refractivity contribution in [3.8, 4) is 0 Å². The van der Waals surface area contributed by atoms with E-state index >= 15 is 0 Å². The Kier molecular flexibility index (Phi) is 7.64. The number of nitrogens with one attached hydrogen (secondary N) is 1. The SMILES string of the molecule is CSCCCCNS(=O)(=O)c1ccc(Cl)c(CO)c1Cl. The van der Waals surface area contributed by atoms with Crippen LogP contribution in [0, 0.1) is 0 Å². The molecule has 0 unspecified atom stereocenters. The number of benzene rings is 1. The van der Waals surface area contributed by atoms with E-state index in [1.807, 2.05) is 6.26 Å². The van der Waals surface area contributed by atoms with Gasteiger partial charge in [0.1, 0.15) is 4.90 Å². The molecule has 0 aliphatic rings. The number of aliphatic hydroxyl groups excluding tert-OH is 1. The Morgan fingerprint density at radius 3 is 2.60 bits per heavy atom. The van der Waals surface area contributed by atoms with Crippen LogP contribution in [0.25, 0.3) is 0 Å². The minimum absolute atomic E-state index is 0.0309. The summed E-state index contributed by atoms with van der Waals surface area (Å²) in [5.41, 5.74) is 0.221. The van der Waals surface area contributed by atoms with Crippen LogP contribution in [0.15, 0.2) is 17.0 Å². The van der Waals surface area contributed by atoms with E-state index in [4.69, 9.17) is 23.2 Å². The van der Waals surface area contributed by atoms with Gasteiger partial charge in [-0.25, -0.2) is 13.1 Å². The van der Waals surface area contributed by atoms with Gasteiger partial charge >= 0.3 is 0 Å². The van der Waals surface area contributed by atoms with Gasteiger partial charge in [-0.2, -0.15) is 11.8 Å². The van der Waals surface area contributed by atoms with Crippen LogP contribution < -0.4 is 4.72 Å². The zero-order valence-electron chi connectivity index (χ0n) is 11.0. The quantitative estimate of drug-likeness (QED) is 0.702. The van der Waals surface area contributed by atoms with Crippen molar-refractivity contribution in [3.63, 3.8) is 0 Å². The van der Waals surface area contributed by atoms with Crippen LogP contribution in [-0.4, -0.2) is 32.1 Å². The molecule has 0 amide bonds. The van der Waals surface area contributed by atoms with Crippen molar-refractivity contribution in [2.24, 2.45) is 0 Å². The lowest BCUT2D eigenvalue weighted by atomic mass is 10.2. The molecular weight excluding hydrogens is 341 g/mol. The number of aliphatic hydroxyl groups is 1. The molecular formula is C12H17Cl2NO3S2. The number of thioether (sulfide) groups is 1. The molecule has 114 valence electrons. The highest BCUT2D eigenvalue weighted by molar-refractivity contribution is 7.98. The molecule has 0 atom stereocenters. The minimum Gasteiger partial charge on any atom is -0.392 e. The summed E-state index contributed by atoms with van der Waals surface area (Å²) in [6.45, 7) is -0.0505. The standard InChI is InChI=1S/C12H17Cl2NO3S2/c1-19-7-3-2-6-15-20(17,18)11-5-4-10(13)9(8-16)12(11)14/h4-5,15-16H,2-3,6-8H2,1H3. The van der Waals surface area contributed by atoms with Crippen molar-refractivity contribution in [3.05, 3.63) is 27.7 Å². The second kappa shape index (κ2) is 8.46. The number of sulfonamides is 1. The summed E-state index contributed by atoms with van der Waals surface area (Å²) in [5.74, 6) is 0.998. The average Bonchev–Trinajstić information content (AvgIpc) is 2.38. The first-order valence-corrected chi connectivity index (χ1v) is 9.63. The fraction of sp³-hybridized carbons (Fsp3) is 0.500. The van der Waals surface area contributed by atoms with Crippen LogP contribution in [0.5, 0.6) is 0 Å². The second-order valence-corrected chi connectivity index (χ2v) is 7.60. The van der Waals surface area contributed by atoms with Crippen molar-refractivity contribution in [2.75, 3.05) is 18.6 Å². The first kappa shape index (κ1) is 18.1. The first-order chi connectivity index (χ1) is 9.44. The van der Waals surface area contributed by atoms with E-state index in [1.165, 1.54) is 12.1 Å². The van der Waals surface area contributed by atoms with E-state index in [1.54, 1.807) is 11.8 Å². The van der Waals surface area contributed by atoms with E-state index in [0.717, 1.165) is 18.6 Å². The van der Waals surface area contributed by atoms with Gasteiger partial charge < -0.3 is 5.11 Å². The third kappa shape index (κ3) is 4.79. The van der Waals surface area contributed by atoms with E-state index < -0.39 is 16.6 Å². The van der Waals surface area contributed by atoms with E-state index in [0.29, 0.717) is 6.54 Å². The maximum atomic E-state index is 12.1. The molecule has 0 saturated heterocycles. The summed E-state index contributed by atoms with van der Waals surface area (Å²) in [7, 11) is -3.69. The van der Waals surface area contributed by atoms with Gasteiger partial charge in [0.2, 0.25) is 10.0 Å². The number of rotatable bonds is 8. The van der Waals surface area contributed by atoms with E-state index in [-0.39, 0.29) is 20.5 Å². The second-order valence-electron chi connectivity index (χ2n) is 4.09. The molecule has 1 rings (SSSR count). The smallest absolute Gasteiger partial charge is 0.242 e. The highest BCUT2D eigenvalue weighted by Crippen LogP contribution is 2.30. The van der Waals surface area contributed by atoms with E-state index in [2.05, 4.69) is 4.72 Å². The van der Waals surface area contributed by atoms with Crippen molar-refractivity contribution < 1.29 is 13.5 Å². The maximum absolute atomic E-state index is 12.1. The van der Waals surface area contributed by atoms with Gasteiger partial charge in [-0.1, -0.05) is 23.2 Å². The zero-order valence-corrected chi connectivity index (χ0v) is 14.2. The summed E-state index contributed by atoms with van der Waals surface area (Å²) in [6, 6.07) is 2.76. The molecule has 0 bridgehead atoms. The molecule has 0 fully saturated rings. The first-order valence-electron chi connectivity index (χ1n) is 6.00. The number of unbranched alkanes of at least 4 members (excludes halogenated alkanes) is 1. The third-order valence-electron chi connectivity index (χ3n) is 2.67. The molecule has 1 aromatic carbocycles. The van der Waals surface area contributed by atoms with Crippen LogP contribution >= 0.6 is 35.0 Å². The number of halogens is 2. The lowest BCUT2D eigenvalue weighted by molar-refractivity contribution is 0.281. The molecule has 8 heteroatoms. The molecule has 0 aliphatic carbocycles. The van der Waals surface area contributed by atoms with Crippen molar-refractivity contribution >= 4 is 45.0 Å². The average molecular weight is 358 g/mol. The molecule has 1 aromatic rings. The predicted molar refractivity (Wildman–Crippen MR) is 85.2 cm³/mol. The number of hydrogen-bond acceptors (Lipinski definition) is 4. The molecule has 0 aliphatic heterocycles. The van der Waals surface area contributed by atoms with Crippen LogP contribution in [0.1, 0.15) is 18.4 Å². The van der Waals surface area contributed by atoms with Crippen LogP contribution in [0.4, 0.5) is 0 Å². The summed E-state index contributed by atoms with van der Waals surface area (Å²) in [4.78, 5) is -0.0579. The molecule has 0 spiro atoms. The molecule has 20 heavy (non-hydrogen) atoms. The van der Waals surface area contributed by atoms with Crippen LogP contribution in [0.2, 0.25) is 10.0 Å². The summed E-state index contributed by atoms with van der Waals surface area (Å²) in [6.07, 6.45) is 3.71.